The summed E-state index contributed by atoms with van der Waals surface area (Å²) in [5.74, 6) is -1.19. The highest BCUT2D eigenvalue weighted by molar-refractivity contribution is 7.47. The van der Waals surface area contributed by atoms with Gasteiger partial charge in [-0.2, -0.15) is 0 Å². The van der Waals surface area contributed by atoms with E-state index in [2.05, 4.69) is 95.8 Å². The zero-order valence-electron chi connectivity index (χ0n) is 37.9. The molecule has 0 aliphatic heterocycles. The van der Waals surface area contributed by atoms with Crippen LogP contribution < -0.4 is 0 Å². The van der Waals surface area contributed by atoms with E-state index in [9.17, 15) is 33.8 Å². The maximum Gasteiger partial charge on any atom is 0.472 e. The number of phosphoric acid groups is 2. The van der Waals surface area contributed by atoms with Gasteiger partial charge in [0.2, 0.25) is 0 Å². The second-order valence-corrected chi connectivity index (χ2v) is 17.1. The third-order valence-electron chi connectivity index (χ3n) is 8.42. The van der Waals surface area contributed by atoms with Crippen LogP contribution in [0.3, 0.4) is 0 Å². The van der Waals surface area contributed by atoms with Crippen molar-refractivity contribution in [3.05, 3.63) is 122 Å². The summed E-state index contributed by atoms with van der Waals surface area (Å²) in [6.07, 6.45) is 49.4. The van der Waals surface area contributed by atoms with Gasteiger partial charge in [0, 0.05) is 12.8 Å². The lowest BCUT2D eigenvalue weighted by molar-refractivity contribution is -0.161. The minimum Gasteiger partial charge on any atom is -0.462 e. The smallest absolute Gasteiger partial charge is 0.462 e. The van der Waals surface area contributed by atoms with Crippen LogP contribution in [-0.2, 0) is 41.8 Å². The molecule has 0 aliphatic rings. The van der Waals surface area contributed by atoms with Crippen molar-refractivity contribution >= 4 is 27.6 Å². The van der Waals surface area contributed by atoms with Gasteiger partial charge in [0.05, 0.1) is 25.9 Å². The fourth-order valence-corrected chi connectivity index (χ4v) is 6.24. The maximum atomic E-state index is 12.7. The molecule has 0 heterocycles. The summed E-state index contributed by atoms with van der Waals surface area (Å²) in [6.45, 7) is 1.31. The Labute approximate surface area is 382 Å². The van der Waals surface area contributed by atoms with Gasteiger partial charge in [-0.15, -0.1) is 0 Å². The van der Waals surface area contributed by atoms with Crippen LogP contribution in [0.5, 0.6) is 0 Å². The van der Waals surface area contributed by atoms with Gasteiger partial charge in [-0.1, -0.05) is 142 Å². The number of hydrogen-bond donors (Lipinski definition) is 5. The quantitative estimate of drug-likeness (QED) is 0.0127. The number of aliphatic hydroxyl groups is 2. The number of phosphoric ester groups is 2. The number of ether oxygens (including phenoxy) is 2. The van der Waals surface area contributed by atoms with E-state index >= 15 is 0 Å². The lowest BCUT2D eigenvalue weighted by Gasteiger charge is -2.20. The molecule has 2 unspecified atom stereocenters. The van der Waals surface area contributed by atoms with Gasteiger partial charge >= 0.3 is 27.6 Å². The van der Waals surface area contributed by atoms with Crippen molar-refractivity contribution in [2.45, 2.75) is 141 Å². The van der Waals surface area contributed by atoms with Crippen LogP contribution in [0, 0.1) is 0 Å². The van der Waals surface area contributed by atoms with Gasteiger partial charge in [0.15, 0.2) is 6.10 Å². The van der Waals surface area contributed by atoms with Crippen LogP contribution in [0.4, 0.5) is 0 Å². The molecule has 0 aromatic heterocycles. The average molecular weight is 939 g/mol. The SMILES string of the molecule is CC/C=C\C/C=C\C/C=C\C/C=C\C/C=C\CCCCCC(=O)O[C@H](COC(=O)CCC/C=C\C/C=C\C=C\C(O)C/C=C\C/C=C\CC)COP(=O)(O)OC[C@@H](O)COP(=O)(O)O. The van der Waals surface area contributed by atoms with Crippen molar-refractivity contribution in [1.82, 2.24) is 0 Å². The van der Waals surface area contributed by atoms with E-state index < -0.39 is 72.3 Å². The van der Waals surface area contributed by atoms with Gasteiger partial charge in [-0.25, -0.2) is 9.13 Å². The lowest BCUT2D eigenvalue weighted by atomic mass is 10.1. The van der Waals surface area contributed by atoms with Gasteiger partial charge < -0.3 is 34.4 Å². The second-order valence-electron chi connectivity index (χ2n) is 14.4. The average Bonchev–Trinajstić information content (AvgIpc) is 3.25. The molecule has 0 aromatic carbocycles. The van der Waals surface area contributed by atoms with Gasteiger partial charge in [-0.3, -0.25) is 23.2 Å². The number of allylic oxidation sites excluding steroid dienone is 18. The van der Waals surface area contributed by atoms with E-state index in [0.717, 1.165) is 64.2 Å². The molecule has 362 valence electrons. The molecule has 0 saturated carbocycles. The molecule has 5 N–H and O–H groups in total. The molecule has 0 spiro atoms. The molecule has 0 amide bonds. The molecule has 14 nitrogen and oxygen atoms in total. The molecule has 16 heteroatoms. The Kier molecular flexibility index (Phi) is 39.8. The first kappa shape index (κ1) is 60.5. The molecule has 4 atom stereocenters. The van der Waals surface area contributed by atoms with E-state index in [0.29, 0.717) is 32.1 Å². The van der Waals surface area contributed by atoms with Crippen LogP contribution in [-0.4, -0.2) is 81.6 Å². The normalized spacial score (nSPS) is 15.5. The fourth-order valence-electron chi connectivity index (χ4n) is 5.08. The second kappa shape index (κ2) is 42.1. The summed E-state index contributed by atoms with van der Waals surface area (Å²) >= 11 is 0. The van der Waals surface area contributed by atoms with Crippen molar-refractivity contribution in [2.24, 2.45) is 0 Å². The van der Waals surface area contributed by atoms with Crippen molar-refractivity contribution in [3.63, 3.8) is 0 Å². The van der Waals surface area contributed by atoms with Crippen molar-refractivity contribution in [3.8, 4) is 0 Å². The van der Waals surface area contributed by atoms with E-state index in [1.807, 2.05) is 36.5 Å². The molecule has 0 aliphatic carbocycles. The minimum absolute atomic E-state index is 0.0595. The molecule has 0 saturated heterocycles. The van der Waals surface area contributed by atoms with E-state index in [1.54, 1.807) is 12.2 Å². The molecule has 0 bridgehead atoms. The Morgan fingerprint density at radius 2 is 1.00 bits per heavy atom. The van der Waals surface area contributed by atoms with Crippen LogP contribution in [0.25, 0.3) is 0 Å². The fraction of sp³-hybridized carbons (Fsp3) is 0.542. The number of rotatable bonds is 40. The first-order valence-electron chi connectivity index (χ1n) is 22.3. The van der Waals surface area contributed by atoms with Crippen LogP contribution in [0.2, 0.25) is 0 Å². The third-order valence-corrected chi connectivity index (χ3v) is 9.85. The summed E-state index contributed by atoms with van der Waals surface area (Å²) in [5.41, 5.74) is 0. The Morgan fingerprint density at radius 3 is 1.58 bits per heavy atom. The standard InChI is InChI=1S/C48H76O14P2/c1-3-5-7-9-11-12-13-14-15-16-17-18-19-20-21-22-27-31-35-39-48(52)62-46(43-61-64(56,57)60-41-45(50)40-59-63(53,54)55)42-58-47(51)38-34-30-26-24-23-25-29-33-37-44(49)36-32-28-10-8-6-4-2/h5-8,11-12,14-15,17-18,20-21,24-26,28-29,32-33,37,44-46,49-50H,3-4,9-10,13,16,19,22-23,27,30-31,34-36,38-43H2,1-2H3,(H,56,57)(H2,53,54,55)/b7-5-,8-6-,12-11-,15-14-,18-17-,21-20-,26-24-,29-25-,32-28-,37-33+/t44?,45-,46+/m0/s1. The molecule has 64 heavy (non-hydrogen) atoms. The molecule has 0 rings (SSSR count). The molecule has 0 fully saturated rings. The van der Waals surface area contributed by atoms with Gasteiger partial charge in [-0.05, 0) is 89.9 Å². The number of unbranched alkanes of at least 4 members (excludes halogenated alkanes) is 4. The van der Waals surface area contributed by atoms with Crippen LogP contribution in [0.1, 0.15) is 123 Å². The van der Waals surface area contributed by atoms with Gasteiger partial charge in [0.25, 0.3) is 0 Å². The molecular weight excluding hydrogens is 862 g/mol. The third kappa shape index (κ3) is 45.1. The Morgan fingerprint density at radius 1 is 0.516 bits per heavy atom. The number of esters is 2. The van der Waals surface area contributed by atoms with E-state index in [4.69, 9.17) is 23.8 Å². The molecule has 0 aromatic rings. The Hall–Kier alpha value is -3.52. The lowest BCUT2D eigenvalue weighted by Crippen LogP contribution is -2.30. The minimum atomic E-state index is -4.89. The first-order valence-corrected chi connectivity index (χ1v) is 25.4. The number of carbonyl (C=O) groups is 2. The van der Waals surface area contributed by atoms with Crippen molar-refractivity contribution < 1.29 is 66.7 Å². The summed E-state index contributed by atoms with van der Waals surface area (Å²) in [7, 11) is -9.74. The summed E-state index contributed by atoms with van der Waals surface area (Å²) in [5, 5.41) is 19.8. The van der Waals surface area contributed by atoms with Gasteiger partial charge in [0.1, 0.15) is 12.7 Å². The first-order chi connectivity index (χ1) is 30.8. The summed E-state index contributed by atoms with van der Waals surface area (Å²) in [4.78, 5) is 52.7. The van der Waals surface area contributed by atoms with Crippen molar-refractivity contribution in [2.75, 3.05) is 26.4 Å². The predicted octanol–water partition coefficient (Wildman–Crippen LogP) is 10.6. The highest BCUT2D eigenvalue weighted by Gasteiger charge is 2.28. The van der Waals surface area contributed by atoms with E-state index in [1.165, 1.54) is 0 Å². The highest BCUT2D eigenvalue weighted by atomic mass is 31.2. The Bertz CT molecular complexity index is 1600. The largest absolute Gasteiger partial charge is 0.472 e. The van der Waals surface area contributed by atoms with Crippen LogP contribution in [0.15, 0.2) is 122 Å². The summed E-state index contributed by atoms with van der Waals surface area (Å²) < 4.78 is 47.7. The highest BCUT2D eigenvalue weighted by Crippen LogP contribution is 2.43. The molecular formula is C48H76O14P2. The van der Waals surface area contributed by atoms with Crippen LogP contribution >= 0.6 is 15.6 Å². The predicted molar refractivity (Wildman–Crippen MR) is 254 cm³/mol. The summed E-state index contributed by atoms with van der Waals surface area (Å²) in [6, 6.07) is 0. The topological polar surface area (TPSA) is 216 Å². The number of hydrogen-bond acceptors (Lipinski definition) is 11. The van der Waals surface area contributed by atoms with Crippen molar-refractivity contribution in [1.29, 1.82) is 0 Å². The zero-order valence-corrected chi connectivity index (χ0v) is 39.7. The number of carbonyl (C=O) groups excluding carboxylic acids is 2. The molecule has 0 radical (unpaired) electrons. The van der Waals surface area contributed by atoms with E-state index in [-0.39, 0.29) is 12.8 Å². The zero-order chi connectivity index (χ0) is 47.4. The maximum absolute atomic E-state index is 12.7. The Balaban J connectivity index is 4.74. The number of aliphatic hydroxyl groups excluding tert-OH is 2. The monoisotopic (exact) mass is 938 g/mol.